The summed E-state index contributed by atoms with van der Waals surface area (Å²) in [7, 11) is 0. The van der Waals surface area contributed by atoms with Gasteiger partial charge in [0.2, 0.25) is 0 Å². The number of aromatic nitrogens is 3. The number of fused-ring (bicyclic) bond motifs is 4. The first-order valence-electron chi connectivity index (χ1n) is 12.3. The maximum absolute atomic E-state index is 14.4. The number of nitrogens with zero attached hydrogens (tertiary/aromatic N) is 3. The molecule has 7 rings (SSSR count). The van der Waals surface area contributed by atoms with Crippen molar-refractivity contribution in [3.8, 4) is 28.7 Å². The molecule has 4 aromatic rings. The van der Waals surface area contributed by atoms with Gasteiger partial charge in [0.05, 0.1) is 28.8 Å². The van der Waals surface area contributed by atoms with E-state index in [1.807, 2.05) is 0 Å². The highest BCUT2D eigenvalue weighted by Crippen LogP contribution is 2.46. The van der Waals surface area contributed by atoms with Crippen LogP contribution in [0, 0.1) is 40.7 Å². The van der Waals surface area contributed by atoms with Crippen molar-refractivity contribution in [3.05, 3.63) is 65.9 Å². The fourth-order valence-electron chi connectivity index (χ4n) is 6.03. The number of anilines is 1. The topological polar surface area (TPSA) is 115 Å². The van der Waals surface area contributed by atoms with E-state index >= 15 is 0 Å². The largest absolute Gasteiger partial charge is 0.481 e. The predicted molar refractivity (Wildman–Crippen MR) is 133 cm³/mol. The van der Waals surface area contributed by atoms with Crippen molar-refractivity contribution >= 4 is 22.7 Å². The van der Waals surface area contributed by atoms with E-state index in [1.54, 1.807) is 30.3 Å². The molecule has 3 saturated carbocycles. The summed E-state index contributed by atoms with van der Waals surface area (Å²) in [5.74, 6) is -1.72. The average molecular weight is 500 g/mol. The summed E-state index contributed by atoms with van der Waals surface area (Å²) in [4.78, 5) is 24.4. The summed E-state index contributed by atoms with van der Waals surface area (Å²) >= 11 is 0. The quantitative estimate of drug-likeness (QED) is 0.322. The molecule has 0 aliphatic heterocycles. The molecule has 186 valence electrons. The van der Waals surface area contributed by atoms with Crippen molar-refractivity contribution in [2.45, 2.75) is 31.7 Å². The molecule has 7 nitrogen and oxygen atoms in total. The number of carboxylic acids is 1. The molecule has 2 aromatic carbocycles. The molecule has 3 fully saturated rings. The minimum Gasteiger partial charge on any atom is -0.481 e. The molecular formula is C28H23F2N5O2. The molecule has 2 bridgehead atoms. The van der Waals surface area contributed by atoms with Gasteiger partial charge in [-0.3, -0.25) is 4.79 Å². The van der Waals surface area contributed by atoms with Crippen LogP contribution in [0.4, 0.5) is 14.6 Å². The van der Waals surface area contributed by atoms with Gasteiger partial charge < -0.3 is 15.4 Å². The van der Waals surface area contributed by atoms with Gasteiger partial charge in [-0.25, -0.2) is 18.7 Å². The number of carboxylic acid groups (broad SMARTS) is 1. The molecule has 3 aliphatic carbocycles. The molecule has 2 aromatic heterocycles. The fraction of sp³-hybridized carbons (Fsp3) is 0.286. The number of carbonyl (C=O) groups is 1. The third-order valence-corrected chi connectivity index (χ3v) is 7.80. The molecule has 37 heavy (non-hydrogen) atoms. The zero-order chi connectivity index (χ0) is 25.7. The van der Waals surface area contributed by atoms with Crippen molar-refractivity contribution in [1.29, 1.82) is 5.26 Å². The van der Waals surface area contributed by atoms with Gasteiger partial charge in [-0.15, -0.1) is 0 Å². The number of hydrogen-bond acceptors (Lipinski definition) is 5. The van der Waals surface area contributed by atoms with E-state index in [9.17, 15) is 18.7 Å². The van der Waals surface area contributed by atoms with Crippen molar-refractivity contribution in [2.75, 3.05) is 5.32 Å². The highest BCUT2D eigenvalue weighted by molar-refractivity contribution is 5.94. The van der Waals surface area contributed by atoms with E-state index < -0.39 is 23.5 Å². The Labute approximate surface area is 211 Å². The van der Waals surface area contributed by atoms with Crippen LogP contribution in [0.1, 0.15) is 31.2 Å². The summed E-state index contributed by atoms with van der Waals surface area (Å²) in [5, 5.41) is 22.9. The summed E-state index contributed by atoms with van der Waals surface area (Å²) in [5.41, 5.74) is 2.33. The van der Waals surface area contributed by atoms with Crippen molar-refractivity contribution in [1.82, 2.24) is 15.0 Å². The number of hydrogen-bond donors (Lipinski definition) is 3. The van der Waals surface area contributed by atoms with Crippen molar-refractivity contribution in [3.63, 3.8) is 0 Å². The highest BCUT2D eigenvalue weighted by Gasteiger charge is 2.47. The monoisotopic (exact) mass is 499 g/mol. The Kier molecular flexibility index (Phi) is 5.60. The van der Waals surface area contributed by atoms with Gasteiger partial charge in [0, 0.05) is 40.9 Å². The molecule has 0 spiro atoms. The van der Waals surface area contributed by atoms with E-state index in [4.69, 9.17) is 10.2 Å². The Bertz CT molecular complexity index is 1550. The SMILES string of the molecule is N#Cc1ccc(-c2cc(N[C@@H]3C4CCC(CC4)[C@H]3C(=O)O)nc(-c3c[nH]c4c(F)cc(F)cc34)n2)cc1. The lowest BCUT2D eigenvalue weighted by Gasteiger charge is -2.47. The number of nitrogens with one attached hydrogen (secondary N) is 2. The molecule has 0 radical (unpaired) electrons. The highest BCUT2D eigenvalue weighted by atomic mass is 19.1. The average Bonchev–Trinajstić information content (AvgIpc) is 3.33. The van der Waals surface area contributed by atoms with Crippen molar-refractivity contribution in [2.24, 2.45) is 17.8 Å². The molecule has 3 N–H and O–H groups in total. The lowest BCUT2D eigenvalue weighted by molar-refractivity contribution is -0.148. The van der Waals surface area contributed by atoms with E-state index in [1.165, 1.54) is 12.3 Å². The maximum atomic E-state index is 14.4. The molecule has 0 unspecified atom stereocenters. The minimum atomic E-state index is -0.809. The van der Waals surface area contributed by atoms with Crippen LogP contribution in [0.5, 0.6) is 0 Å². The second-order valence-corrected chi connectivity index (χ2v) is 9.87. The smallest absolute Gasteiger partial charge is 0.308 e. The van der Waals surface area contributed by atoms with Gasteiger partial charge in [-0.1, -0.05) is 12.1 Å². The standard InChI is InChI=1S/C28H23F2N5O2/c29-18-9-19-20(13-32-26(19)21(30)10-18)27-33-22(15-3-1-14(12-31)2-4-15)11-23(35-27)34-25-17-7-5-16(6-8-17)24(25)28(36)37/h1-4,9-11,13,16-17,24-25,32H,5-8H2,(H,36,37)(H,33,34,35)/t16?,17?,24-,25-/m1/s1. The molecule has 9 heteroatoms. The Morgan fingerprint density at radius 3 is 2.49 bits per heavy atom. The number of benzene rings is 2. The molecular weight excluding hydrogens is 476 g/mol. The first-order chi connectivity index (χ1) is 17.9. The Morgan fingerprint density at radius 1 is 1.05 bits per heavy atom. The number of H-pyrrole nitrogens is 1. The third-order valence-electron chi connectivity index (χ3n) is 7.80. The van der Waals surface area contributed by atoms with Gasteiger partial charge in [-0.2, -0.15) is 5.26 Å². The molecule has 2 atom stereocenters. The zero-order valence-corrected chi connectivity index (χ0v) is 19.7. The predicted octanol–water partition coefficient (Wildman–Crippen LogP) is 5.74. The van der Waals surface area contributed by atoms with Crippen LogP contribution >= 0.6 is 0 Å². The first kappa shape index (κ1) is 23.1. The Morgan fingerprint density at radius 2 is 1.78 bits per heavy atom. The number of nitriles is 1. The molecule has 0 amide bonds. The Hall–Kier alpha value is -4.32. The molecule has 3 aliphatic rings. The second kappa shape index (κ2) is 8.96. The van der Waals surface area contributed by atoms with E-state index in [2.05, 4.69) is 21.4 Å². The fourth-order valence-corrected chi connectivity index (χ4v) is 6.03. The van der Waals surface area contributed by atoms with Crippen LogP contribution < -0.4 is 5.32 Å². The van der Waals surface area contributed by atoms with Gasteiger partial charge in [0.25, 0.3) is 0 Å². The normalized spacial score (nSPS) is 22.6. The van der Waals surface area contributed by atoms with Crippen LogP contribution in [0.3, 0.4) is 0 Å². The van der Waals surface area contributed by atoms with Crippen LogP contribution in [0.15, 0.2) is 48.7 Å². The summed E-state index contributed by atoms with van der Waals surface area (Å²) in [6.45, 7) is 0. The van der Waals surface area contributed by atoms with Crippen LogP contribution in [-0.4, -0.2) is 32.1 Å². The number of aliphatic carboxylic acids is 1. The summed E-state index contributed by atoms with van der Waals surface area (Å²) < 4.78 is 28.5. The van der Waals surface area contributed by atoms with E-state index in [0.29, 0.717) is 28.0 Å². The number of rotatable bonds is 5. The Balaban J connectivity index is 1.47. The zero-order valence-electron chi connectivity index (χ0n) is 19.7. The van der Waals surface area contributed by atoms with Crippen LogP contribution in [-0.2, 0) is 4.79 Å². The maximum Gasteiger partial charge on any atom is 0.308 e. The second-order valence-electron chi connectivity index (χ2n) is 9.87. The first-order valence-corrected chi connectivity index (χ1v) is 12.3. The third kappa shape index (κ3) is 4.08. The number of halogens is 2. The lowest BCUT2D eigenvalue weighted by Crippen LogP contribution is -2.51. The number of aromatic amines is 1. The molecule has 0 saturated heterocycles. The molecule has 2 heterocycles. The van der Waals surface area contributed by atoms with E-state index in [0.717, 1.165) is 37.3 Å². The van der Waals surface area contributed by atoms with Gasteiger partial charge >= 0.3 is 5.97 Å². The van der Waals surface area contributed by atoms with Gasteiger partial charge in [0.1, 0.15) is 17.5 Å². The van der Waals surface area contributed by atoms with Gasteiger partial charge in [-0.05, 0) is 55.7 Å². The minimum absolute atomic E-state index is 0.124. The summed E-state index contributed by atoms with van der Waals surface area (Å²) in [6.07, 6.45) is 5.30. The van der Waals surface area contributed by atoms with E-state index in [-0.39, 0.29) is 29.2 Å². The summed E-state index contributed by atoms with van der Waals surface area (Å²) in [6, 6.07) is 12.5. The van der Waals surface area contributed by atoms with Crippen LogP contribution in [0.25, 0.3) is 33.5 Å². The van der Waals surface area contributed by atoms with Crippen molar-refractivity contribution < 1.29 is 18.7 Å². The lowest BCUT2D eigenvalue weighted by atomic mass is 9.61. The van der Waals surface area contributed by atoms with Crippen LogP contribution in [0.2, 0.25) is 0 Å². The van der Waals surface area contributed by atoms with Gasteiger partial charge in [0.15, 0.2) is 5.82 Å².